The average Bonchev–Trinajstić information content (AvgIpc) is 3.89. The highest BCUT2D eigenvalue weighted by molar-refractivity contribution is 6.12. The lowest BCUT2D eigenvalue weighted by atomic mass is 9.59. The third kappa shape index (κ3) is 5.43. The Bertz CT molecular complexity index is 3720. The molecule has 4 nitrogen and oxygen atoms in total. The lowest BCUT2D eigenvalue weighted by molar-refractivity contribution is 0.373. The van der Waals surface area contributed by atoms with Crippen molar-refractivity contribution in [3.8, 4) is 22.6 Å². The molecule has 5 aliphatic rings. The van der Waals surface area contributed by atoms with Gasteiger partial charge in [0.15, 0.2) is 0 Å². The summed E-state index contributed by atoms with van der Waals surface area (Å²) in [5.74, 6) is 2.63. The quantitative estimate of drug-likeness (QED) is 0.172. The summed E-state index contributed by atoms with van der Waals surface area (Å²) in [4.78, 5) is 2.61. The summed E-state index contributed by atoms with van der Waals surface area (Å²) in [7, 11) is 0. The van der Waals surface area contributed by atoms with Crippen LogP contribution in [-0.2, 0) is 11.8 Å². The first-order valence-electron chi connectivity index (χ1n) is 24.5. The third-order valence-electron chi connectivity index (χ3n) is 16.0. The number of rotatable bonds is 5. The Morgan fingerprint density at radius 1 is 0.544 bits per heavy atom. The number of fused-ring (bicyclic) bond motifs is 13. The molecule has 0 bridgehead atoms. The van der Waals surface area contributed by atoms with E-state index in [0.29, 0.717) is 5.92 Å². The molecule has 328 valence electrons. The fourth-order valence-corrected chi connectivity index (χ4v) is 13.0. The van der Waals surface area contributed by atoms with Crippen LogP contribution in [0.2, 0.25) is 0 Å². The first-order valence-corrected chi connectivity index (χ1v) is 24.5. The lowest BCUT2D eigenvalue weighted by Crippen LogP contribution is -2.42. The van der Waals surface area contributed by atoms with Crippen molar-refractivity contribution in [1.29, 1.82) is 0 Å². The largest absolute Gasteiger partial charge is 0.457 e. The average molecular weight is 878 g/mol. The van der Waals surface area contributed by atoms with Gasteiger partial charge < -0.3 is 18.8 Å². The van der Waals surface area contributed by atoms with Crippen LogP contribution in [-0.4, -0.2) is 9.13 Å². The Kier molecular flexibility index (Phi) is 8.59. The van der Waals surface area contributed by atoms with Gasteiger partial charge in [0, 0.05) is 73.5 Å². The van der Waals surface area contributed by atoms with Crippen LogP contribution in [0.15, 0.2) is 223 Å². The molecule has 0 saturated heterocycles. The maximum absolute atomic E-state index is 7.31. The number of hydrogen-bond donors (Lipinski definition) is 0. The molecular weight excluding hydrogens is 827 g/mol. The second-order valence-electron chi connectivity index (χ2n) is 19.7. The molecule has 9 aromatic rings. The Morgan fingerprint density at radius 2 is 1.19 bits per heavy atom. The molecule has 14 rings (SSSR count). The van der Waals surface area contributed by atoms with Gasteiger partial charge in [0.05, 0.1) is 28.2 Å². The molecule has 0 amide bonds. The van der Waals surface area contributed by atoms with Crippen molar-refractivity contribution in [3.05, 3.63) is 251 Å². The molecule has 2 aromatic heterocycles. The van der Waals surface area contributed by atoms with Crippen molar-refractivity contribution in [3.63, 3.8) is 0 Å². The van der Waals surface area contributed by atoms with Crippen LogP contribution in [0.3, 0.4) is 0 Å². The van der Waals surface area contributed by atoms with Crippen molar-refractivity contribution in [2.75, 3.05) is 4.90 Å². The van der Waals surface area contributed by atoms with Crippen LogP contribution in [0.25, 0.3) is 55.6 Å². The van der Waals surface area contributed by atoms with E-state index in [0.717, 1.165) is 30.0 Å². The summed E-state index contributed by atoms with van der Waals surface area (Å²) in [6.07, 6.45) is 15.9. The van der Waals surface area contributed by atoms with E-state index in [9.17, 15) is 0 Å². The van der Waals surface area contributed by atoms with Crippen LogP contribution in [0.1, 0.15) is 61.2 Å². The third-order valence-corrected chi connectivity index (χ3v) is 16.0. The summed E-state index contributed by atoms with van der Waals surface area (Å²) in [5.41, 5.74) is 18.5. The predicted molar refractivity (Wildman–Crippen MR) is 280 cm³/mol. The van der Waals surface area contributed by atoms with E-state index in [1.54, 1.807) is 0 Å². The molecule has 0 saturated carbocycles. The first-order chi connectivity index (χ1) is 33.5. The Balaban J connectivity index is 1.01. The zero-order valence-electron chi connectivity index (χ0n) is 38.6. The van der Waals surface area contributed by atoms with Crippen LogP contribution in [0, 0.1) is 17.8 Å². The fraction of sp³-hybridized carbons (Fsp3) is 0.156. The summed E-state index contributed by atoms with van der Waals surface area (Å²) < 4.78 is 12.5. The lowest BCUT2D eigenvalue weighted by Gasteiger charge is -2.48. The van der Waals surface area contributed by atoms with Gasteiger partial charge in [0.2, 0.25) is 0 Å². The molecule has 5 unspecified atom stereocenters. The summed E-state index contributed by atoms with van der Waals surface area (Å²) in [6.45, 7) is 7.22. The van der Waals surface area contributed by atoms with Gasteiger partial charge >= 0.3 is 0 Å². The van der Waals surface area contributed by atoms with Gasteiger partial charge in [-0.05, 0) is 89.1 Å². The van der Waals surface area contributed by atoms with Crippen LogP contribution in [0.5, 0.6) is 5.75 Å². The molecule has 0 fully saturated rings. The molecule has 0 N–H and O–H groups in total. The molecule has 4 heteroatoms. The monoisotopic (exact) mass is 877 g/mol. The Morgan fingerprint density at radius 3 is 2.03 bits per heavy atom. The maximum Gasteiger partial charge on any atom is 0.132 e. The Hall–Kier alpha value is -7.82. The standard InChI is InChI=1S/C64H51N3O/c1-40-18-7-12-27-54(40)66-55-28-13-9-22-47(55)49-38-58(42(3)37-60(49)66)65(45-34-32-44(33-35-45)43-19-5-4-6-20-43)59-39-62-53(36-41(59)2)64(51-25-11-16-31-61(51)68-62)50-24-10-15-30-57(50)67-56-29-14-8-21-46(56)48-23-17-26-52(64)63(48)67/h4-35,38-42,54H,36-37H2,1-3H3. The minimum atomic E-state index is -0.572. The van der Waals surface area contributed by atoms with Gasteiger partial charge in [-0.3, -0.25) is 0 Å². The topological polar surface area (TPSA) is 22.3 Å². The van der Waals surface area contributed by atoms with E-state index in [2.05, 4.69) is 241 Å². The van der Waals surface area contributed by atoms with E-state index < -0.39 is 5.41 Å². The SMILES string of the molecule is CC1CC2=C(C=C1N(C1=Cc3c(n(C4C=CC=CC4C)c4ccccc34)CC1C)c1ccc(-c3ccccc3)cc1)Oc1ccccc1C21c2ccccc2-n2c3ccccc3c3cccc1c32. The second-order valence-corrected chi connectivity index (χ2v) is 19.7. The maximum atomic E-state index is 7.31. The molecule has 7 aromatic carbocycles. The highest BCUT2D eigenvalue weighted by Gasteiger charge is 2.52. The van der Waals surface area contributed by atoms with Crippen molar-refractivity contribution in [2.24, 2.45) is 17.8 Å². The zero-order chi connectivity index (χ0) is 45.3. The zero-order valence-corrected chi connectivity index (χ0v) is 38.6. The molecule has 4 heterocycles. The van der Waals surface area contributed by atoms with Crippen molar-refractivity contribution < 1.29 is 4.74 Å². The normalized spacial score (nSPS) is 22.1. The number of anilines is 1. The van der Waals surface area contributed by atoms with Gasteiger partial charge in [-0.1, -0.05) is 179 Å². The molecular formula is C64H51N3O. The van der Waals surface area contributed by atoms with E-state index in [4.69, 9.17) is 4.74 Å². The van der Waals surface area contributed by atoms with E-state index in [1.165, 1.54) is 94.4 Å². The van der Waals surface area contributed by atoms with Crippen LogP contribution >= 0.6 is 0 Å². The van der Waals surface area contributed by atoms with E-state index in [1.807, 2.05) is 0 Å². The molecule has 68 heavy (non-hydrogen) atoms. The second kappa shape index (κ2) is 14.8. The molecule has 0 radical (unpaired) electrons. The smallest absolute Gasteiger partial charge is 0.132 e. The highest BCUT2D eigenvalue weighted by atomic mass is 16.5. The number of nitrogens with zero attached hydrogens (tertiary/aromatic N) is 3. The number of ether oxygens (including phenoxy) is 1. The van der Waals surface area contributed by atoms with Crippen molar-refractivity contribution >= 4 is 44.5 Å². The number of allylic oxidation sites excluding steroid dienone is 8. The van der Waals surface area contributed by atoms with Gasteiger partial charge in [-0.15, -0.1) is 0 Å². The molecule has 2 aliphatic heterocycles. The van der Waals surface area contributed by atoms with Gasteiger partial charge in [0.1, 0.15) is 11.5 Å². The van der Waals surface area contributed by atoms with Crippen LogP contribution in [0.4, 0.5) is 5.69 Å². The molecule has 3 aliphatic carbocycles. The highest BCUT2D eigenvalue weighted by Crippen LogP contribution is 2.61. The first kappa shape index (κ1) is 39.4. The molecule has 5 atom stereocenters. The minimum Gasteiger partial charge on any atom is -0.457 e. The van der Waals surface area contributed by atoms with E-state index in [-0.39, 0.29) is 17.9 Å². The summed E-state index contributed by atoms with van der Waals surface area (Å²) >= 11 is 0. The van der Waals surface area contributed by atoms with Crippen molar-refractivity contribution in [2.45, 2.75) is 45.1 Å². The number of para-hydroxylation sites is 5. The summed E-state index contributed by atoms with van der Waals surface area (Å²) in [5, 5.41) is 3.88. The fourth-order valence-electron chi connectivity index (χ4n) is 13.0. The number of hydrogen-bond acceptors (Lipinski definition) is 2. The molecule has 1 spiro atoms. The summed E-state index contributed by atoms with van der Waals surface area (Å²) in [6, 6.07) is 63.2. The Labute approximate surface area is 397 Å². The van der Waals surface area contributed by atoms with Crippen LogP contribution < -0.4 is 9.64 Å². The van der Waals surface area contributed by atoms with Gasteiger partial charge in [-0.2, -0.15) is 0 Å². The van der Waals surface area contributed by atoms with E-state index >= 15 is 0 Å². The number of benzene rings is 7. The number of aromatic nitrogens is 2. The van der Waals surface area contributed by atoms with Crippen molar-refractivity contribution in [1.82, 2.24) is 9.13 Å². The van der Waals surface area contributed by atoms with Gasteiger partial charge in [-0.25, -0.2) is 0 Å². The van der Waals surface area contributed by atoms with Gasteiger partial charge in [0.25, 0.3) is 0 Å². The minimum absolute atomic E-state index is 0.142. The predicted octanol–water partition coefficient (Wildman–Crippen LogP) is 15.7.